The second-order valence-electron chi connectivity index (χ2n) is 6.41. The molecule has 0 aliphatic rings. The topological polar surface area (TPSA) is 80.8 Å². The highest BCUT2D eigenvalue weighted by atomic mass is 32.2. The van der Waals surface area contributed by atoms with Crippen LogP contribution in [-0.2, 0) is 14.8 Å². The molecule has 150 valence electrons. The number of hydrogen-bond donors (Lipinski definition) is 0. The average Bonchev–Trinajstić information content (AvgIpc) is 2.68. The fourth-order valence-electron chi connectivity index (χ4n) is 2.69. The summed E-state index contributed by atoms with van der Waals surface area (Å²) in [4.78, 5) is 24.5. The van der Waals surface area contributed by atoms with Crippen LogP contribution >= 0.6 is 0 Å². The highest BCUT2D eigenvalue weighted by molar-refractivity contribution is 7.89. The van der Waals surface area contributed by atoms with Crippen molar-refractivity contribution in [3.05, 3.63) is 64.7 Å². The zero-order valence-electron chi connectivity index (χ0n) is 16.6. The van der Waals surface area contributed by atoms with E-state index in [0.29, 0.717) is 18.7 Å². The standard InChI is InChI=1S/C21H25NO5S/c1-5-22(6-2)28(25,26)19-11-9-17(10-12-19)21(24)27-14-20(23)18-8-7-15(3)16(4)13-18/h7-13H,5-6,14H2,1-4H3. The Bertz CT molecular complexity index is 961. The Morgan fingerprint density at radius 1 is 0.893 bits per heavy atom. The summed E-state index contributed by atoms with van der Waals surface area (Å²) in [6.07, 6.45) is 0. The molecule has 0 unspecified atom stereocenters. The molecule has 6 nitrogen and oxygen atoms in total. The molecule has 0 bridgehead atoms. The van der Waals surface area contributed by atoms with E-state index in [1.165, 1.54) is 28.6 Å². The van der Waals surface area contributed by atoms with E-state index in [9.17, 15) is 18.0 Å². The molecule has 7 heteroatoms. The molecule has 0 aliphatic heterocycles. The van der Waals surface area contributed by atoms with Gasteiger partial charge in [-0.25, -0.2) is 13.2 Å². The van der Waals surface area contributed by atoms with Crippen LogP contribution in [0.25, 0.3) is 0 Å². The van der Waals surface area contributed by atoms with E-state index < -0.39 is 16.0 Å². The van der Waals surface area contributed by atoms with Crippen LogP contribution in [0.4, 0.5) is 0 Å². The molecule has 0 heterocycles. The summed E-state index contributed by atoms with van der Waals surface area (Å²) in [5.74, 6) is -0.971. The van der Waals surface area contributed by atoms with Crippen LogP contribution in [0, 0.1) is 13.8 Å². The number of ketones is 1. The number of rotatable bonds is 8. The third kappa shape index (κ3) is 4.85. The van der Waals surface area contributed by atoms with Gasteiger partial charge in [-0.15, -0.1) is 0 Å². The second kappa shape index (κ2) is 9.12. The number of aryl methyl sites for hydroxylation is 2. The number of ether oxygens (including phenoxy) is 1. The molecule has 0 saturated carbocycles. The minimum absolute atomic E-state index is 0.110. The smallest absolute Gasteiger partial charge is 0.338 e. The zero-order valence-corrected chi connectivity index (χ0v) is 17.4. The van der Waals surface area contributed by atoms with E-state index in [1.807, 2.05) is 19.9 Å². The molecule has 0 fully saturated rings. The van der Waals surface area contributed by atoms with Gasteiger partial charge in [0.1, 0.15) is 0 Å². The Hall–Kier alpha value is -2.51. The third-order valence-corrected chi connectivity index (χ3v) is 6.66. The van der Waals surface area contributed by atoms with Gasteiger partial charge in [-0.3, -0.25) is 4.79 Å². The maximum Gasteiger partial charge on any atom is 0.338 e. The lowest BCUT2D eigenvalue weighted by Crippen LogP contribution is -2.30. The largest absolute Gasteiger partial charge is 0.454 e. The molecule has 0 N–H and O–H groups in total. The first-order chi connectivity index (χ1) is 13.2. The summed E-state index contributed by atoms with van der Waals surface area (Å²) in [5, 5.41) is 0. The van der Waals surface area contributed by atoms with Crippen LogP contribution in [0.3, 0.4) is 0 Å². The first kappa shape index (κ1) is 21.8. The van der Waals surface area contributed by atoms with Crippen molar-refractivity contribution in [3.8, 4) is 0 Å². The van der Waals surface area contributed by atoms with E-state index in [0.717, 1.165) is 11.1 Å². The molecule has 0 spiro atoms. The Morgan fingerprint density at radius 2 is 1.46 bits per heavy atom. The lowest BCUT2D eigenvalue weighted by Gasteiger charge is -2.18. The van der Waals surface area contributed by atoms with Gasteiger partial charge >= 0.3 is 5.97 Å². The van der Waals surface area contributed by atoms with Crippen molar-refractivity contribution in [1.82, 2.24) is 4.31 Å². The number of benzene rings is 2. The molecule has 2 aromatic carbocycles. The van der Waals surface area contributed by atoms with Crippen molar-refractivity contribution >= 4 is 21.8 Å². The van der Waals surface area contributed by atoms with Gasteiger partial charge in [-0.2, -0.15) is 4.31 Å². The molecule has 0 aliphatic carbocycles. The summed E-state index contributed by atoms with van der Waals surface area (Å²) in [5.41, 5.74) is 2.73. The minimum atomic E-state index is -3.59. The van der Waals surface area contributed by atoms with Crippen LogP contribution < -0.4 is 0 Å². The Labute approximate surface area is 166 Å². The van der Waals surface area contributed by atoms with Crippen molar-refractivity contribution in [2.75, 3.05) is 19.7 Å². The van der Waals surface area contributed by atoms with Gasteiger partial charge in [0.05, 0.1) is 10.5 Å². The molecule has 0 saturated heterocycles. The number of Topliss-reactive ketones (excluding diaryl/α,β-unsaturated/α-hetero) is 1. The molecular formula is C21H25NO5S. The maximum atomic E-state index is 12.5. The Balaban J connectivity index is 2.05. The lowest BCUT2D eigenvalue weighted by atomic mass is 10.0. The second-order valence-corrected chi connectivity index (χ2v) is 8.35. The third-order valence-electron chi connectivity index (χ3n) is 4.60. The zero-order chi connectivity index (χ0) is 20.9. The monoisotopic (exact) mass is 403 g/mol. The van der Waals surface area contributed by atoms with Crippen LogP contribution in [0.15, 0.2) is 47.4 Å². The highest BCUT2D eigenvalue weighted by Gasteiger charge is 2.22. The van der Waals surface area contributed by atoms with Crippen LogP contribution in [-0.4, -0.2) is 44.2 Å². The molecule has 2 rings (SSSR count). The first-order valence-electron chi connectivity index (χ1n) is 9.08. The van der Waals surface area contributed by atoms with Gasteiger partial charge in [0, 0.05) is 18.7 Å². The van der Waals surface area contributed by atoms with Crippen LogP contribution in [0.5, 0.6) is 0 Å². The van der Waals surface area contributed by atoms with Crippen LogP contribution in [0.1, 0.15) is 45.7 Å². The fourth-order valence-corrected chi connectivity index (χ4v) is 4.15. The van der Waals surface area contributed by atoms with Crippen molar-refractivity contribution in [2.45, 2.75) is 32.6 Å². The van der Waals surface area contributed by atoms with E-state index in [1.54, 1.807) is 26.0 Å². The molecule has 0 atom stereocenters. The number of carbonyl (C=O) groups is 2. The summed E-state index contributed by atoms with van der Waals surface area (Å²) >= 11 is 0. The van der Waals surface area contributed by atoms with Gasteiger partial charge in [0.15, 0.2) is 12.4 Å². The summed E-state index contributed by atoms with van der Waals surface area (Å²) in [6, 6.07) is 10.8. The number of sulfonamides is 1. The quantitative estimate of drug-likeness (QED) is 0.499. The van der Waals surface area contributed by atoms with Gasteiger partial charge in [0.2, 0.25) is 10.0 Å². The molecule has 0 amide bonds. The highest BCUT2D eigenvalue weighted by Crippen LogP contribution is 2.17. The van der Waals surface area contributed by atoms with Crippen molar-refractivity contribution in [3.63, 3.8) is 0 Å². The van der Waals surface area contributed by atoms with E-state index in [-0.39, 0.29) is 22.8 Å². The van der Waals surface area contributed by atoms with Crippen molar-refractivity contribution in [1.29, 1.82) is 0 Å². The lowest BCUT2D eigenvalue weighted by molar-refractivity contribution is 0.0474. The normalized spacial score (nSPS) is 11.5. The predicted octanol–water partition coefficient (Wildman–Crippen LogP) is 3.37. The van der Waals surface area contributed by atoms with E-state index >= 15 is 0 Å². The summed E-state index contributed by atoms with van der Waals surface area (Å²) < 4.78 is 31.3. The van der Waals surface area contributed by atoms with Gasteiger partial charge < -0.3 is 4.74 Å². The SMILES string of the molecule is CCN(CC)S(=O)(=O)c1ccc(C(=O)OCC(=O)c2ccc(C)c(C)c2)cc1. The molecule has 0 radical (unpaired) electrons. The average molecular weight is 404 g/mol. The number of nitrogens with zero attached hydrogens (tertiary/aromatic N) is 1. The number of hydrogen-bond acceptors (Lipinski definition) is 5. The molecule has 0 aromatic heterocycles. The molecule has 28 heavy (non-hydrogen) atoms. The maximum absolute atomic E-state index is 12.5. The van der Waals surface area contributed by atoms with Crippen molar-refractivity contribution in [2.24, 2.45) is 0 Å². The Morgan fingerprint density at radius 3 is 2.00 bits per heavy atom. The van der Waals surface area contributed by atoms with E-state index in [2.05, 4.69) is 0 Å². The van der Waals surface area contributed by atoms with Crippen LogP contribution in [0.2, 0.25) is 0 Å². The fraction of sp³-hybridized carbons (Fsp3) is 0.333. The van der Waals surface area contributed by atoms with Crippen molar-refractivity contribution < 1.29 is 22.7 Å². The molecular weight excluding hydrogens is 378 g/mol. The number of esters is 1. The summed E-state index contributed by atoms with van der Waals surface area (Å²) in [7, 11) is -3.59. The van der Waals surface area contributed by atoms with Gasteiger partial charge in [-0.05, 0) is 55.3 Å². The number of carbonyl (C=O) groups excluding carboxylic acids is 2. The molecule has 2 aromatic rings. The summed E-state index contributed by atoms with van der Waals surface area (Å²) in [6.45, 7) is 7.74. The van der Waals surface area contributed by atoms with Gasteiger partial charge in [-0.1, -0.05) is 26.0 Å². The minimum Gasteiger partial charge on any atom is -0.454 e. The first-order valence-corrected chi connectivity index (χ1v) is 10.5. The Kier molecular flexibility index (Phi) is 7.10. The predicted molar refractivity (Wildman–Crippen MR) is 107 cm³/mol. The van der Waals surface area contributed by atoms with Gasteiger partial charge in [0.25, 0.3) is 0 Å². The van der Waals surface area contributed by atoms with E-state index in [4.69, 9.17) is 4.74 Å².